The van der Waals surface area contributed by atoms with Crippen LogP contribution in [0.1, 0.15) is 28.4 Å². The zero-order chi connectivity index (χ0) is 17.5. The molecule has 0 aliphatic rings. The van der Waals surface area contributed by atoms with Gasteiger partial charge in [-0.15, -0.1) is 0 Å². The Balaban J connectivity index is 2.23. The summed E-state index contributed by atoms with van der Waals surface area (Å²) in [6.07, 6.45) is 0.680. The monoisotopic (exact) mass is 330 g/mol. The van der Waals surface area contributed by atoms with E-state index in [9.17, 15) is 4.79 Å². The first-order valence-electron chi connectivity index (χ1n) is 7.67. The smallest absolute Gasteiger partial charge is 0.338 e. The lowest BCUT2D eigenvalue weighted by Gasteiger charge is -2.14. The second kappa shape index (κ2) is 8.24. The maximum Gasteiger partial charge on any atom is 0.338 e. The molecule has 0 radical (unpaired) electrons. The molecule has 0 N–H and O–H groups in total. The van der Waals surface area contributed by atoms with E-state index in [1.807, 2.05) is 24.3 Å². The summed E-state index contributed by atoms with van der Waals surface area (Å²) in [6.45, 7) is 2.16. The zero-order valence-corrected chi connectivity index (χ0v) is 14.4. The van der Waals surface area contributed by atoms with Crippen molar-refractivity contribution in [2.24, 2.45) is 0 Å². The van der Waals surface area contributed by atoms with Gasteiger partial charge in [-0.3, -0.25) is 0 Å². The minimum absolute atomic E-state index is 0.308. The Hall–Kier alpha value is -2.69. The molecule has 0 amide bonds. The van der Waals surface area contributed by atoms with Gasteiger partial charge in [0.05, 0.1) is 33.5 Å². The Morgan fingerprint density at radius 1 is 0.875 bits per heavy atom. The molecule has 2 rings (SSSR count). The van der Waals surface area contributed by atoms with Crippen LogP contribution in [0.5, 0.6) is 17.2 Å². The minimum Gasteiger partial charge on any atom is -0.493 e. The third-order valence-electron chi connectivity index (χ3n) is 3.60. The van der Waals surface area contributed by atoms with Crippen LogP contribution in [0.4, 0.5) is 0 Å². The number of rotatable bonds is 7. The van der Waals surface area contributed by atoms with Crippen LogP contribution in [0.2, 0.25) is 0 Å². The van der Waals surface area contributed by atoms with Crippen LogP contribution < -0.4 is 14.2 Å². The fourth-order valence-corrected chi connectivity index (χ4v) is 2.45. The Labute approximate surface area is 142 Å². The average Bonchev–Trinajstić information content (AvgIpc) is 2.61. The van der Waals surface area contributed by atoms with Crippen LogP contribution in [0.25, 0.3) is 0 Å². The summed E-state index contributed by atoms with van der Waals surface area (Å²) in [6, 6.07) is 11.2. The van der Waals surface area contributed by atoms with Gasteiger partial charge in [0.25, 0.3) is 0 Å². The quantitative estimate of drug-likeness (QED) is 0.728. The molecule has 0 saturated carbocycles. The third-order valence-corrected chi connectivity index (χ3v) is 3.60. The number of carbonyl (C=O) groups is 1. The molecule has 0 atom stereocenters. The van der Waals surface area contributed by atoms with Gasteiger partial charge in [-0.25, -0.2) is 4.79 Å². The predicted octanol–water partition coefficient (Wildman–Crippen LogP) is 3.48. The number of methoxy groups -OCH3 is 3. The van der Waals surface area contributed by atoms with E-state index in [0.29, 0.717) is 35.8 Å². The van der Waals surface area contributed by atoms with E-state index in [1.54, 1.807) is 40.4 Å². The van der Waals surface area contributed by atoms with Crippen molar-refractivity contribution in [3.63, 3.8) is 0 Å². The molecule has 0 aliphatic heterocycles. The van der Waals surface area contributed by atoms with Crippen LogP contribution in [-0.4, -0.2) is 33.9 Å². The number of ether oxygens (including phenoxy) is 4. The van der Waals surface area contributed by atoms with E-state index >= 15 is 0 Å². The van der Waals surface area contributed by atoms with Crippen molar-refractivity contribution in [1.82, 2.24) is 0 Å². The van der Waals surface area contributed by atoms with Crippen molar-refractivity contribution in [2.75, 3.05) is 27.9 Å². The molecule has 0 unspecified atom stereocenters. The first kappa shape index (κ1) is 17.7. The molecule has 0 fully saturated rings. The van der Waals surface area contributed by atoms with Crippen molar-refractivity contribution in [3.8, 4) is 17.2 Å². The van der Waals surface area contributed by atoms with Crippen molar-refractivity contribution in [1.29, 1.82) is 0 Å². The Morgan fingerprint density at radius 3 is 1.92 bits per heavy atom. The fourth-order valence-electron chi connectivity index (χ4n) is 2.45. The van der Waals surface area contributed by atoms with Gasteiger partial charge in [0.1, 0.15) is 0 Å². The molecule has 5 nitrogen and oxygen atoms in total. The first-order chi connectivity index (χ1) is 11.6. The highest BCUT2D eigenvalue weighted by Gasteiger charge is 2.13. The zero-order valence-electron chi connectivity index (χ0n) is 14.4. The van der Waals surface area contributed by atoms with Crippen molar-refractivity contribution in [2.45, 2.75) is 13.3 Å². The SMILES string of the molecule is CCOC(=O)c1ccc(Cc2cc(OC)c(OC)c(OC)c2)cc1. The molecule has 2 aromatic rings. The molecule has 0 spiro atoms. The second-order valence-corrected chi connectivity index (χ2v) is 5.13. The molecule has 24 heavy (non-hydrogen) atoms. The summed E-state index contributed by atoms with van der Waals surface area (Å²) in [7, 11) is 4.76. The van der Waals surface area contributed by atoms with Crippen LogP contribution in [-0.2, 0) is 11.2 Å². The van der Waals surface area contributed by atoms with Gasteiger partial charge in [0.2, 0.25) is 5.75 Å². The van der Waals surface area contributed by atoms with Gasteiger partial charge < -0.3 is 18.9 Å². The molecule has 0 saturated heterocycles. The largest absolute Gasteiger partial charge is 0.493 e. The van der Waals surface area contributed by atoms with E-state index in [1.165, 1.54) is 0 Å². The van der Waals surface area contributed by atoms with Gasteiger partial charge in [-0.2, -0.15) is 0 Å². The minimum atomic E-state index is -0.308. The summed E-state index contributed by atoms with van der Waals surface area (Å²) in [5.74, 6) is 1.50. The number of carbonyl (C=O) groups excluding carboxylic acids is 1. The van der Waals surface area contributed by atoms with E-state index in [0.717, 1.165) is 11.1 Å². The summed E-state index contributed by atoms with van der Waals surface area (Å²) in [5.41, 5.74) is 2.64. The normalized spacial score (nSPS) is 10.2. The molecule has 5 heteroatoms. The van der Waals surface area contributed by atoms with Crippen molar-refractivity contribution < 1.29 is 23.7 Å². The van der Waals surface area contributed by atoms with Gasteiger partial charge in [0, 0.05) is 0 Å². The Morgan fingerprint density at radius 2 is 1.46 bits per heavy atom. The van der Waals surface area contributed by atoms with E-state index in [4.69, 9.17) is 18.9 Å². The highest BCUT2D eigenvalue weighted by Crippen LogP contribution is 2.38. The standard InChI is InChI=1S/C19H22O5/c1-5-24-19(20)15-8-6-13(7-9-15)10-14-11-16(21-2)18(23-4)17(12-14)22-3/h6-9,11-12H,5,10H2,1-4H3. The number of esters is 1. The lowest BCUT2D eigenvalue weighted by atomic mass is 10.0. The van der Waals surface area contributed by atoms with Crippen molar-refractivity contribution in [3.05, 3.63) is 53.1 Å². The third kappa shape index (κ3) is 3.98. The summed E-state index contributed by atoms with van der Waals surface area (Å²) in [5, 5.41) is 0. The summed E-state index contributed by atoms with van der Waals surface area (Å²) in [4.78, 5) is 11.7. The molecular weight excluding hydrogens is 308 g/mol. The van der Waals surface area contributed by atoms with Gasteiger partial charge >= 0.3 is 5.97 Å². The first-order valence-corrected chi connectivity index (χ1v) is 7.67. The maximum absolute atomic E-state index is 11.7. The van der Waals surface area contributed by atoms with Crippen LogP contribution >= 0.6 is 0 Å². The topological polar surface area (TPSA) is 54.0 Å². The molecule has 0 aliphatic carbocycles. The molecule has 0 aromatic heterocycles. The Kier molecular flexibility index (Phi) is 6.07. The van der Waals surface area contributed by atoms with E-state index in [-0.39, 0.29) is 5.97 Å². The molecule has 2 aromatic carbocycles. The second-order valence-electron chi connectivity index (χ2n) is 5.13. The predicted molar refractivity (Wildman–Crippen MR) is 91.3 cm³/mol. The lowest BCUT2D eigenvalue weighted by molar-refractivity contribution is 0.0526. The van der Waals surface area contributed by atoms with Crippen molar-refractivity contribution >= 4 is 5.97 Å². The summed E-state index contributed by atoms with van der Waals surface area (Å²) >= 11 is 0. The number of hydrogen-bond acceptors (Lipinski definition) is 5. The lowest BCUT2D eigenvalue weighted by Crippen LogP contribution is -2.04. The van der Waals surface area contributed by atoms with Gasteiger partial charge in [-0.05, 0) is 48.7 Å². The van der Waals surface area contributed by atoms with Gasteiger partial charge in [0.15, 0.2) is 11.5 Å². The van der Waals surface area contributed by atoms with Crippen LogP contribution in [0.3, 0.4) is 0 Å². The van der Waals surface area contributed by atoms with E-state index in [2.05, 4.69) is 0 Å². The highest BCUT2D eigenvalue weighted by atomic mass is 16.5. The number of hydrogen-bond donors (Lipinski definition) is 0. The van der Waals surface area contributed by atoms with Crippen LogP contribution in [0.15, 0.2) is 36.4 Å². The average molecular weight is 330 g/mol. The molecular formula is C19H22O5. The van der Waals surface area contributed by atoms with E-state index < -0.39 is 0 Å². The fraction of sp³-hybridized carbons (Fsp3) is 0.316. The molecule has 0 bridgehead atoms. The molecule has 128 valence electrons. The Bertz CT molecular complexity index is 666. The number of benzene rings is 2. The summed E-state index contributed by atoms with van der Waals surface area (Å²) < 4.78 is 21.1. The van der Waals surface area contributed by atoms with Gasteiger partial charge in [-0.1, -0.05) is 12.1 Å². The maximum atomic E-state index is 11.7. The highest BCUT2D eigenvalue weighted by molar-refractivity contribution is 5.89. The van der Waals surface area contributed by atoms with Crippen LogP contribution in [0, 0.1) is 0 Å². The molecule has 0 heterocycles.